The van der Waals surface area contributed by atoms with E-state index in [9.17, 15) is 0 Å². The van der Waals surface area contributed by atoms with Crippen LogP contribution >= 0.6 is 12.6 Å². The molecule has 0 heterocycles. The summed E-state index contributed by atoms with van der Waals surface area (Å²) < 4.78 is 0. The first kappa shape index (κ1) is 10.9. The predicted molar refractivity (Wildman–Crippen MR) is 63.1 cm³/mol. The molecule has 0 fully saturated rings. The molecule has 13 heavy (non-hydrogen) atoms. The highest BCUT2D eigenvalue weighted by molar-refractivity contribution is 7.84. The van der Waals surface area contributed by atoms with Gasteiger partial charge < -0.3 is 0 Å². The van der Waals surface area contributed by atoms with E-state index in [2.05, 4.69) is 31.7 Å². The second kappa shape index (κ2) is 6.31. The van der Waals surface area contributed by atoms with Crippen LogP contribution < -0.4 is 0 Å². The van der Waals surface area contributed by atoms with E-state index in [0.29, 0.717) is 0 Å². The van der Waals surface area contributed by atoms with Crippen molar-refractivity contribution in [1.82, 2.24) is 0 Å². The second-order valence-electron chi connectivity index (χ2n) is 3.79. The number of allylic oxidation sites excluding steroid dienone is 4. The Kier molecular flexibility index (Phi) is 5.29. The molecule has 1 aliphatic rings. The van der Waals surface area contributed by atoms with Gasteiger partial charge in [0.05, 0.1) is 0 Å². The lowest BCUT2D eigenvalue weighted by molar-refractivity contribution is 0.653. The molecule has 0 atom stereocenters. The Morgan fingerprint density at radius 3 is 2.62 bits per heavy atom. The maximum absolute atomic E-state index is 4.34. The molecule has 0 amide bonds. The molecule has 0 nitrogen and oxygen atoms in total. The van der Waals surface area contributed by atoms with Gasteiger partial charge >= 0.3 is 0 Å². The minimum Gasteiger partial charge on any atom is -0.148 e. The predicted octanol–water partition coefficient (Wildman–Crippen LogP) is 4.49. The fraction of sp³-hybridized carbons (Fsp3) is 0.667. The molecule has 0 saturated heterocycles. The van der Waals surface area contributed by atoms with Gasteiger partial charge in [-0.1, -0.05) is 43.9 Å². The van der Waals surface area contributed by atoms with Gasteiger partial charge in [0.25, 0.3) is 0 Å². The lowest BCUT2D eigenvalue weighted by Gasteiger charge is -2.10. The molecule has 0 aromatic heterocycles. The third kappa shape index (κ3) is 4.56. The normalized spacial score (nSPS) is 16.8. The molecule has 0 N–H and O–H groups in total. The van der Waals surface area contributed by atoms with Gasteiger partial charge in [0.2, 0.25) is 0 Å². The molecule has 0 spiro atoms. The molecule has 0 unspecified atom stereocenters. The van der Waals surface area contributed by atoms with Crippen LogP contribution in [0.25, 0.3) is 0 Å². The molecule has 0 aromatic carbocycles. The van der Waals surface area contributed by atoms with Crippen molar-refractivity contribution in [2.24, 2.45) is 0 Å². The molecular formula is C12H20S. The fourth-order valence-electron chi connectivity index (χ4n) is 1.66. The molecule has 0 aromatic rings. The lowest BCUT2D eigenvalue weighted by atomic mass is 9.99. The maximum Gasteiger partial charge on any atom is -0.0181 e. The second-order valence-corrected chi connectivity index (χ2v) is 4.37. The number of hydrogen-bond donors (Lipinski definition) is 1. The van der Waals surface area contributed by atoms with Crippen molar-refractivity contribution in [2.75, 3.05) is 0 Å². The summed E-state index contributed by atoms with van der Waals surface area (Å²) in [5.41, 5.74) is 1.62. The summed E-state index contributed by atoms with van der Waals surface area (Å²) in [4.78, 5) is 1.23. The third-order valence-corrected chi connectivity index (χ3v) is 2.94. The van der Waals surface area contributed by atoms with E-state index in [0.717, 1.165) is 6.42 Å². The van der Waals surface area contributed by atoms with Crippen LogP contribution in [-0.2, 0) is 0 Å². The monoisotopic (exact) mass is 196 g/mol. The van der Waals surface area contributed by atoms with E-state index in [1.54, 1.807) is 5.57 Å². The Morgan fingerprint density at radius 2 is 2.00 bits per heavy atom. The Labute approximate surface area is 87.5 Å². The molecule has 0 saturated carbocycles. The average Bonchev–Trinajstić information content (AvgIpc) is 2.15. The number of hydrogen-bond acceptors (Lipinski definition) is 1. The summed E-state index contributed by atoms with van der Waals surface area (Å²) in [5.74, 6) is 0. The lowest BCUT2D eigenvalue weighted by Crippen LogP contribution is -1.90. The summed E-state index contributed by atoms with van der Waals surface area (Å²) in [6, 6.07) is 0. The van der Waals surface area contributed by atoms with Crippen LogP contribution in [0.15, 0.2) is 22.6 Å². The van der Waals surface area contributed by atoms with Crippen molar-refractivity contribution in [3.8, 4) is 0 Å². The zero-order chi connectivity index (χ0) is 9.52. The van der Waals surface area contributed by atoms with Crippen LogP contribution in [0.1, 0.15) is 51.9 Å². The summed E-state index contributed by atoms with van der Waals surface area (Å²) in [7, 11) is 0. The van der Waals surface area contributed by atoms with E-state index in [1.165, 1.54) is 43.4 Å². The fourth-order valence-corrected chi connectivity index (χ4v) is 1.84. The minimum absolute atomic E-state index is 1.16. The number of rotatable bonds is 5. The highest BCUT2D eigenvalue weighted by Gasteiger charge is 2.02. The summed E-state index contributed by atoms with van der Waals surface area (Å²) in [5, 5.41) is 0. The Hall–Kier alpha value is -0.170. The van der Waals surface area contributed by atoms with Crippen LogP contribution in [0.4, 0.5) is 0 Å². The molecule has 1 rings (SSSR count). The van der Waals surface area contributed by atoms with Crippen molar-refractivity contribution < 1.29 is 0 Å². The van der Waals surface area contributed by atoms with Gasteiger partial charge in [0.15, 0.2) is 0 Å². The standard InChI is InChI=1S/C12H20S/c1-2-3-4-5-6-11-7-9-12(13)10-8-11/h7,9,13H,2-6,8,10H2,1H3. The third-order valence-electron chi connectivity index (χ3n) is 2.57. The van der Waals surface area contributed by atoms with Crippen LogP contribution in [-0.4, -0.2) is 0 Å². The molecule has 74 valence electrons. The molecule has 0 aliphatic heterocycles. The van der Waals surface area contributed by atoms with Crippen molar-refractivity contribution >= 4 is 12.6 Å². The van der Waals surface area contributed by atoms with E-state index in [4.69, 9.17) is 0 Å². The molecular weight excluding hydrogens is 176 g/mol. The topological polar surface area (TPSA) is 0 Å². The zero-order valence-electron chi connectivity index (χ0n) is 8.55. The zero-order valence-corrected chi connectivity index (χ0v) is 9.45. The smallest absolute Gasteiger partial charge is 0.0181 e. The average molecular weight is 196 g/mol. The quantitative estimate of drug-likeness (QED) is 0.486. The Morgan fingerprint density at radius 1 is 1.15 bits per heavy atom. The van der Waals surface area contributed by atoms with Crippen LogP contribution in [0.2, 0.25) is 0 Å². The van der Waals surface area contributed by atoms with Crippen LogP contribution in [0, 0.1) is 0 Å². The summed E-state index contributed by atoms with van der Waals surface area (Å²) >= 11 is 4.34. The number of unbranched alkanes of at least 4 members (excludes halogenated alkanes) is 3. The van der Waals surface area contributed by atoms with Crippen LogP contribution in [0.5, 0.6) is 0 Å². The molecule has 1 heteroatoms. The van der Waals surface area contributed by atoms with Crippen molar-refractivity contribution in [3.63, 3.8) is 0 Å². The molecule has 1 aliphatic carbocycles. The largest absolute Gasteiger partial charge is 0.148 e. The highest BCUT2D eigenvalue weighted by Crippen LogP contribution is 2.24. The van der Waals surface area contributed by atoms with Gasteiger partial charge in [-0.15, -0.1) is 12.6 Å². The van der Waals surface area contributed by atoms with Gasteiger partial charge in [-0.3, -0.25) is 0 Å². The summed E-state index contributed by atoms with van der Waals surface area (Å²) in [6.07, 6.45) is 13.6. The first-order valence-corrected chi connectivity index (χ1v) is 5.85. The van der Waals surface area contributed by atoms with E-state index < -0.39 is 0 Å². The number of thiol groups is 1. The minimum atomic E-state index is 1.16. The molecule has 0 radical (unpaired) electrons. The highest BCUT2D eigenvalue weighted by atomic mass is 32.1. The van der Waals surface area contributed by atoms with Gasteiger partial charge in [0.1, 0.15) is 0 Å². The van der Waals surface area contributed by atoms with Gasteiger partial charge in [-0.25, -0.2) is 0 Å². The van der Waals surface area contributed by atoms with E-state index >= 15 is 0 Å². The van der Waals surface area contributed by atoms with Crippen molar-refractivity contribution in [1.29, 1.82) is 0 Å². The van der Waals surface area contributed by atoms with Gasteiger partial charge in [-0.05, 0) is 30.6 Å². The van der Waals surface area contributed by atoms with Crippen molar-refractivity contribution in [2.45, 2.75) is 51.9 Å². The van der Waals surface area contributed by atoms with E-state index in [1.807, 2.05) is 0 Å². The maximum atomic E-state index is 4.34. The van der Waals surface area contributed by atoms with E-state index in [-0.39, 0.29) is 0 Å². The first-order chi connectivity index (χ1) is 6.33. The Bertz CT molecular complexity index is 201. The van der Waals surface area contributed by atoms with Crippen molar-refractivity contribution in [3.05, 3.63) is 22.6 Å². The molecule has 0 bridgehead atoms. The Balaban J connectivity index is 2.15. The van der Waals surface area contributed by atoms with Gasteiger partial charge in [0, 0.05) is 0 Å². The van der Waals surface area contributed by atoms with Gasteiger partial charge in [-0.2, -0.15) is 0 Å². The van der Waals surface area contributed by atoms with Crippen LogP contribution in [0.3, 0.4) is 0 Å². The first-order valence-electron chi connectivity index (χ1n) is 5.40. The summed E-state index contributed by atoms with van der Waals surface area (Å²) in [6.45, 7) is 2.26. The SMILES string of the molecule is CCCCCCC1=CC=C(S)CC1.